The van der Waals surface area contributed by atoms with E-state index in [9.17, 15) is 5.11 Å². The average molecular weight is 439 g/mol. The van der Waals surface area contributed by atoms with Gasteiger partial charge in [-0.15, -0.1) is 0 Å². The first-order valence-electron chi connectivity index (χ1n) is 9.04. The molecule has 5 heteroatoms. The molecule has 4 nitrogen and oxygen atoms in total. The molecule has 1 atom stereocenters. The molecule has 0 aliphatic heterocycles. The van der Waals surface area contributed by atoms with Gasteiger partial charge < -0.3 is 43.0 Å². The van der Waals surface area contributed by atoms with Crippen LogP contribution in [-0.2, 0) is 9.47 Å². The summed E-state index contributed by atoms with van der Waals surface area (Å²) in [6, 6.07) is 0. The highest BCUT2D eigenvalue weighted by Crippen LogP contribution is 2.57. The second kappa shape index (κ2) is 7.85. The molecular formula is C18H34INO3. The summed E-state index contributed by atoms with van der Waals surface area (Å²) in [6.45, 7) is 2.43. The predicted octanol–water partition coefficient (Wildman–Crippen LogP) is -0.940. The summed E-state index contributed by atoms with van der Waals surface area (Å²) in [5.41, 5.74) is 0.180. The lowest BCUT2D eigenvalue weighted by Gasteiger charge is -2.56. The molecule has 4 aliphatic carbocycles. The summed E-state index contributed by atoms with van der Waals surface area (Å²) in [5.74, 6) is 2.79. The van der Waals surface area contributed by atoms with Crippen molar-refractivity contribution in [3.63, 3.8) is 0 Å². The molecule has 1 unspecified atom stereocenters. The molecule has 0 aromatic carbocycles. The summed E-state index contributed by atoms with van der Waals surface area (Å²) in [6.07, 6.45) is 7.82. The van der Waals surface area contributed by atoms with E-state index in [1.807, 2.05) is 0 Å². The smallest absolute Gasteiger partial charge is 0.126 e. The Hall–Kier alpha value is 0.570. The Labute approximate surface area is 158 Å². The van der Waals surface area contributed by atoms with Crippen molar-refractivity contribution in [1.82, 2.24) is 0 Å². The Bertz CT molecular complexity index is 348. The Morgan fingerprint density at radius 2 is 1.52 bits per heavy atom. The third kappa shape index (κ3) is 5.53. The summed E-state index contributed by atoms with van der Waals surface area (Å²) < 4.78 is 12.7. The number of likely N-dealkylation sites (N-methyl/N-ethyl adjacent to an activating group) is 1. The van der Waals surface area contributed by atoms with Gasteiger partial charge in [-0.3, -0.25) is 0 Å². The molecule has 0 aromatic heterocycles. The fraction of sp³-hybridized carbons (Fsp3) is 1.00. The van der Waals surface area contributed by atoms with Crippen molar-refractivity contribution in [2.45, 2.75) is 50.2 Å². The highest BCUT2D eigenvalue weighted by atomic mass is 127. The summed E-state index contributed by atoms with van der Waals surface area (Å²) >= 11 is 0. The van der Waals surface area contributed by atoms with Crippen molar-refractivity contribution in [3.05, 3.63) is 0 Å². The van der Waals surface area contributed by atoms with Gasteiger partial charge in [-0.05, 0) is 56.3 Å². The van der Waals surface area contributed by atoms with Crippen LogP contribution in [0, 0.1) is 17.8 Å². The zero-order valence-corrected chi connectivity index (χ0v) is 17.1. The third-order valence-corrected chi connectivity index (χ3v) is 5.69. The minimum Gasteiger partial charge on any atom is -1.00 e. The standard InChI is InChI=1S/C18H34NO3.HI/c1-19(2,3)12-17(20)13-21-4-5-22-18-9-14-6-15(10-18)8-16(7-14)11-18;/h14-17,20H,4-13H2,1-3H3;1H/q+1;/p-1. The van der Waals surface area contributed by atoms with Crippen LogP contribution in [0.5, 0.6) is 0 Å². The molecule has 4 rings (SSSR count). The maximum atomic E-state index is 9.93. The molecule has 0 radical (unpaired) electrons. The van der Waals surface area contributed by atoms with Crippen LogP contribution >= 0.6 is 0 Å². The van der Waals surface area contributed by atoms with Gasteiger partial charge in [0.1, 0.15) is 12.6 Å². The van der Waals surface area contributed by atoms with E-state index in [0.717, 1.165) is 28.8 Å². The molecule has 0 heterocycles. The van der Waals surface area contributed by atoms with E-state index in [-0.39, 0.29) is 35.7 Å². The van der Waals surface area contributed by atoms with E-state index >= 15 is 0 Å². The number of aliphatic hydroxyl groups is 1. The number of quaternary nitrogens is 1. The average Bonchev–Trinajstić information content (AvgIpc) is 2.34. The number of aliphatic hydroxyl groups excluding tert-OH is 1. The van der Waals surface area contributed by atoms with Crippen molar-refractivity contribution in [2.75, 3.05) is 47.5 Å². The Kier molecular flexibility index (Phi) is 6.79. The van der Waals surface area contributed by atoms with Gasteiger partial charge in [-0.25, -0.2) is 0 Å². The summed E-state index contributed by atoms with van der Waals surface area (Å²) in [4.78, 5) is 0. The SMILES string of the molecule is C[N+](C)(C)CC(O)COCCOC12CC3CC(CC(C3)C1)C2.[I-]. The van der Waals surface area contributed by atoms with E-state index in [4.69, 9.17) is 9.47 Å². The molecule has 0 aromatic rings. The number of hydrogen-bond donors (Lipinski definition) is 1. The highest BCUT2D eigenvalue weighted by Gasteiger charge is 2.51. The lowest BCUT2D eigenvalue weighted by molar-refractivity contribution is -0.873. The fourth-order valence-corrected chi connectivity index (χ4v) is 5.43. The van der Waals surface area contributed by atoms with Gasteiger partial charge in [-0.2, -0.15) is 0 Å². The van der Waals surface area contributed by atoms with Gasteiger partial charge in [0.15, 0.2) is 0 Å². The van der Waals surface area contributed by atoms with E-state index in [1.54, 1.807) is 0 Å². The monoisotopic (exact) mass is 439 g/mol. The van der Waals surface area contributed by atoms with Gasteiger partial charge in [0.05, 0.1) is 46.6 Å². The first-order valence-corrected chi connectivity index (χ1v) is 9.04. The van der Waals surface area contributed by atoms with Gasteiger partial charge in [0.25, 0.3) is 0 Å². The lowest BCUT2D eigenvalue weighted by atomic mass is 9.54. The minimum absolute atomic E-state index is 0. The quantitative estimate of drug-likeness (QED) is 0.302. The number of ether oxygens (including phenoxy) is 2. The number of halogens is 1. The van der Waals surface area contributed by atoms with Crippen LogP contribution in [0.2, 0.25) is 0 Å². The van der Waals surface area contributed by atoms with Crippen LogP contribution in [0.1, 0.15) is 38.5 Å². The van der Waals surface area contributed by atoms with Crippen molar-refractivity contribution in [1.29, 1.82) is 0 Å². The molecule has 0 saturated heterocycles. The highest BCUT2D eigenvalue weighted by molar-refractivity contribution is 5.03. The van der Waals surface area contributed by atoms with Crippen LogP contribution in [-0.4, -0.2) is 68.8 Å². The predicted molar refractivity (Wildman–Crippen MR) is 86.6 cm³/mol. The third-order valence-electron chi connectivity index (χ3n) is 5.69. The van der Waals surface area contributed by atoms with E-state index in [1.165, 1.54) is 38.5 Å². The number of nitrogens with zero attached hydrogens (tertiary/aromatic N) is 1. The van der Waals surface area contributed by atoms with Gasteiger partial charge >= 0.3 is 0 Å². The molecule has 4 fully saturated rings. The van der Waals surface area contributed by atoms with Crippen molar-refractivity contribution < 1.29 is 43.0 Å². The molecule has 1 N–H and O–H groups in total. The minimum atomic E-state index is -0.389. The van der Waals surface area contributed by atoms with Crippen molar-refractivity contribution >= 4 is 0 Å². The van der Waals surface area contributed by atoms with Crippen LogP contribution in [0.3, 0.4) is 0 Å². The Balaban J connectivity index is 0.00000192. The maximum absolute atomic E-state index is 9.93. The number of rotatable bonds is 8. The molecule has 0 amide bonds. The van der Waals surface area contributed by atoms with Crippen LogP contribution in [0.25, 0.3) is 0 Å². The van der Waals surface area contributed by atoms with Gasteiger partial charge in [-0.1, -0.05) is 0 Å². The van der Waals surface area contributed by atoms with Gasteiger partial charge in [0, 0.05) is 0 Å². The molecule has 4 bridgehead atoms. The normalized spacial score (nSPS) is 36.8. The van der Waals surface area contributed by atoms with Crippen molar-refractivity contribution in [3.8, 4) is 0 Å². The lowest BCUT2D eigenvalue weighted by Crippen LogP contribution is -3.00. The largest absolute Gasteiger partial charge is 1.00 e. The maximum Gasteiger partial charge on any atom is 0.126 e. The Morgan fingerprint density at radius 1 is 1.00 bits per heavy atom. The van der Waals surface area contributed by atoms with Crippen LogP contribution in [0.4, 0.5) is 0 Å². The first kappa shape index (κ1) is 19.9. The van der Waals surface area contributed by atoms with Crippen molar-refractivity contribution in [2.24, 2.45) is 17.8 Å². The van der Waals surface area contributed by atoms with E-state index in [2.05, 4.69) is 21.1 Å². The molecule has 23 heavy (non-hydrogen) atoms. The van der Waals surface area contributed by atoms with Crippen LogP contribution in [0.15, 0.2) is 0 Å². The second-order valence-electron chi connectivity index (χ2n) is 9.15. The van der Waals surface area contributed by atoms with Gasteiger partial charge in [0.2, 0.25) is 0 Å². The molecule has 0 spiro atoms. The second-order valence-corrected chi connectivity index (χ2v) is 9.15. The van der Waals surface area contributed by atoms with Crippen LogP contribution < -0.4 is 24.0 Å². The summed E-state index contributed by atoms with van der Waals surface area (Å²) in [5, 5.41) is 9.93. The fourth-order valence-electron chi connectivity index (χ4n) is 5.43. The summed E-state index contributed by atoms with van der Waals surface area (Å²) in [7, 11) is 6.25. The molecule has 136 valence electrons. The van der Waals surface area contributed by atoms with E-state index in [0.29, 0.717) is 19.8 Å². The molecular weight excluding hydrogens is 405 g/mol. The topological polar surface area (TPSA) is 38.7 Å². The zero-order valence-electron chi connectivity index (χ0n) is 15.0. The Morgan fingerprint density at radius 3 is 2.00 bits per heavy atom. The number of hydrogen-bond acceptors (Lipinski definition) is 3. The van der Waals surface area contributed by atoms with E-state index < -0.39 is 0 Å². The molecule has 4 aliphatic rings. The first-order chi connectivity index (χ1) is 10.3. The zero-order chi connectivity index (χ0) is 15.8. The molecule has 4 saturated carbocycles.